The van der Waals surface area contributed by atoms with Crippen molar-refractivity contribution in [1.82, 2.24) is 0 Å². The van der Waals surface area contributed by atoms with Crippen LogP contribution in [0.5, 0.6) is 0 Å². The summed E-state index contributed by atoms with van der Waals surface area (Å²) in [5, 5.41) is 11.2. The second-order valence-electron chi connectivity index (χ2n) is 2.71. The van der Waals surface area contributed by atoms with E-state index in [1.165, 1.54) is 6.07 Å². The lowest BCUT2D eigenvalue weighted by Crippen LogP contribution is -2.03. The Kier molecular flexibility index (Phi) is 3.24. The Bertz CT molecular complexity index is 390. The van der Waals surface area contributed by atoms with Gasteiger partial charge in [-0.1, -0.05) is 0 Å². The Labute approximate surface area is 89.1 Å². The largest absolute Gasteiger partial charge is 0.478 e. The molecule has 0 aliphatic heterocycles. The topological polar surface area (TPSA) is 66.4 Å². The molecule has 0 radical (unpaired) electrons. The van der Waals surface area contributed by atoms with Gasteiger partial charge < -0.3 is 10.4 Å². The Hall–Kier alpha value is -1.36. The zero-order valence-electron chi connectivity index (χ0n) is 7.37. The van der Waals surface area contributed by atoms with E-state index >= 15 is 0 Å². The lowest BCUT2D eigenvalue weighted by Gasteiger charge is -2.06. The molecule has 0 bridgehead atoms. The van der Waals surface area contributed by atoms with Gasteiger partial charge in [0, 0.05) is 4.47 Å². The van der Waals surface area contributed by atoms with Crippen molar-refractivity contribution in [3.63, 3.8) is 0 Å². The first-order valence-corrected chi connectivity index (χ1v) is 4.59. The van der Waals surface area contributed by atoms with Gasteiger partial charge in [-0.25, -0.2) is 4.79 Å². The summed E-state index contributed by atoms with van der Waals surface area (Å²) in [6, 6.07) is 3.06. The number of carbonyl (C=O) groups is 2. The van der Waals surface area contributed by atoms with Crippen LogP contribution in [0.15, 0.2) is 16.6 Å². The fourth-order valence-electron chi connectivity index (χ4n) is 1.08. The molecule has 0 aliphatic rings. The van der Waals surface area contributed by atoms with E-state index in [4.69, 9.17) is 5.11 Å². The van der Waals surface area contributed by atoms with Crippen molar-refractivity contribution in [2.45, 2.75) is 6.92 Å². The van der Waals surface area contributed by atoms with Gasteiger partial charge in [0.2, 0.25) is 6.41 Å². The molecular formula is C9H8BrNO3. The molecule has 1 rings (SSSR count). The Morgan fingerprint density at radius 3 is 2.71 bits per heavy atom. The molecule has 0 unspecified atom stereocenters. The molecule has 0 spiro atoms. The van der Waals surface area contributed by atoms with Crippen LogP contribution in [-0.4, -0.2) is 17.5 Å². The maximum absolute atomic E-state index is 10.8. The highest BCUT2D eigenvalue weighted by Gasteiger charge is 2.10. The second kappa shape index (κ2) is 4.23. The second-order valence-corrected chi connectivity index (χ2v) is 3.57. The highest BCUT2D eigenvalue weighted by molar-refractivity contribution is 9.10. The van der Waals surface area contributed by atoms with Gasteiger partial charge in [-0.2, -0.15) is 0 Å². The molecule has 2 N–H and O–H groups in total. The Morgan fingerprint density at radius 2 is 2.21 bits per heavy atom. The van der Waals surface area contributed by atoms with Crippen LogP contribution in [0.25, 0.3) is 0 Å². The van der Waals surface area contributed by atoms with Crippen molar-refractivity contribution in [1.29, 1.82) is 0 Å². The van der Waals surface area contributed by atoms with Crippen LogP contribution in [0.4, 0.5) is 5.69 Å². The Morgan fingerprint density at radius 1 is 1.57 bits per heavy atom. The quantitative estimate of drug-likeness (QED) is 0.815. The van der Waals surface area contributed by atoms with Crippen LogP contribution < -0.4 is 5.32 Å². The summed E-state index contributed by atoms with van der Waals surface area (Å²) in [5.74, 6) is -1.01. The average molecular weight is 258 g/mol. The monoisotopic (exact) mass is 257 g/mol. The van der Waals surface area contributed by atoms with E-state index in [1.54, 1.807) is 13.0 Å². The van der Waals surface area contributed by atoms with Gasteiger partial charge in [0.25, 0.3) is 0 Å². The first-order valence-electron chi connectivity index (χ1n) is 3.80. The summed E-state index contributed by atoms with van der Waals surface area (Å²) in [6.07, 6.45) is 0.501. The highest BCUT2D eigenvalue weighted by atomic mass is 79.9. The van der Waals surface area contributed by atoms with Crippen LogP contribution in [0, 0.1) is 6.92 Å². The third kappa shape index (κ3) is 2.11. The molecule has 0 atom stereocenters. The number of aromatic carboxylic acids is 1. The van der Waals surface area contributed by atoms with Gasteiger partial charge in [-0.15, -0.1) is 0 Å². The molecule has 0 saturated heterocycles. The molecule has 4 nitrogen and oxygen atoms in total. The van der Waals surface area contributed by atoms with E-state index in [1.807, 2.05) is 0 Å². The summed E-state index contributed by atoms with van der Waals surface area (Å²) in [4.78, 5) is 21.0. The maximum Gasteiger partial charge on any atom is 0.336 e. The molecule has 0 aliphatic carbocycles. The first kappa shape index (κ1) is 10.7. The van der Waals surface area contributed by atoms with Gasteiger partial charge in [-0.05, 0) is 40.5 Å². The van der Waals surface area contributed by atoms with Crippen LogP contribution >= 0.6 is 15.9 Å². The molecule has 0 heterocycles. The molecule has 14 heavy (non-hydrogen) atoms. The zero-order valence-corrected chi connectivity index (χ0v) is 8.96. The summed E-state index contributed by atoms with van der Waals surface area (Å²) in [5.41, 5.74) is 1.27. The van der Waals surface area contributed by atoms with E-state index in [0.29, 0.717) is 22.1 Å². The fourth-order valence-corrected chi connectivity index (χ4v) is 1.65. The smallest absolute Gasteiger partial charge is 0.336 e. The van der Waals surface area contributed by atoms with Crippen molar-refractivity contribution in [3.05, 3.63) is 27.7 Å². The van der Waals surface area contributed by atoms with Gasteiger partial charge in [0.15, 0.2) is 0 Å². The van der Waals surface area contributed by atoms with E-state index in [-0.39, 0.29) is 5.56 Å². The maximum atomic E-state index is 10.8. The van der Waals surface area contributed by atoms with Crippen molar-refractivity contribution < 1.29 is 14.7 Å². The number of hydrogen-bond acceptors (Lipinski definition) is 2. The van der Waals surface area contributed by atoms with E-state index in [9.17, 15) is 9.59 Å². The number of rotatable bonds is 3. The number of carbonyl (C=O) groups excluding carboxylic acids is 1. The van der Waals surface area contributed by atoms with Crippen molar-refractivity contribution >= 4 is 34.0 Å². The SMILES string of the molecule is Cc1cc(Br)c(NC=O)cc1C(=O)O. The first-order chi connectivity index (χ1) is 6.56. The minimum atomic E-state index is -1.01. The number of halogens is 1. The van der Waals surface area contributed by atoms with Crippen molar-refractivity contribution in [2.24, 2.45) is 0 Å². The van der Waals surface area contributed by atoms with Crippen LogP contribution in [0.3, 0.4) is 0 Å². The summed E-state index contributed by atoms with van der Waals surface area (Å²) in [7, 11) is 0. The summed E-state index contributed by atoms with van der Waals surface area (Å²) in [6.45, 7) is 1.69. The number of benzene rings is 1. The molecule has 0 saturated carbocycles. The minimum absolute atomic E-state index is 0.178. The van der Waals surface area contributed by atoms with Crippen molar-refractivity contribution in [2.75, 3.05) is 5.32 Å². The van der Waals surface area contributed by atoms with E-state index in [0.717, 1.165) is 0 Å². The average Bonchev–Trinajstić information content (AvgIpc) is 2.09. The van der Waals surface area contributed by atoms with Gasteiger partial charge in [-0.3, -0.25) is 4.79 Å². The molecule has 1 aromatic carbocycles. The molecule has 0 aromatic heterocycles. The Balaban J connectivity index is 3.26. The van der Waals surface area contributed by atoms with Gasteiger partial charge in [0.1, 0.15) is 0 Å². The van der Waals surface area contributed by atoms with Gasteiger partial charge in [0.05, 0.1) is 11.3 Å². The van der Waals surface area contributed by atoms with Crippen LogP contribution in [-0.2, 0) is 4.79 Å². The van der Waals surface area contributed by atoms with Crippen LogP contribution in [0.2, 0.25) is 0 Å². The zero-order chi connectivity index (χ0) is 10.7. The van der Waals surface area contributed by atoms with Gasteiger partial charge >= 0.3 is 5.97 Å². The number of carboxylic acid groups (broad SMARTS) is 1. The summed E-state index contributed by atoms with van der Waals surface area (Å²) >= 11 is 3.22. The number of anilines is 1. The third-order valence-electron chi connectivity index (χ3n) is 1.76. The number of amides is 1. The fraction of sp³-hybridized carbons (Fsp3) is 0.111. The predicted molar refractivity (Wildman–Crippen MR) is 55.5 cm³/mol. The van der Waals surface area contributed by atoms with E-state index in [2.05, 4.69) is 21.2 Å². The number of hydrogen-bond donors (Lipinski definition) is 2. The molecule has 1 aromatic rings. The number of nitrogens with one attached hydrogen (secondary N) is 1. The number of carboxylic acids is 1. The lowest BCUT2D eigenvalue weighted by molar-refractivity contribution is -0.105. The third-order valence-corrected chi connectivity index (χ3v) is 2.41. The molecule has 1 amide bonds. The lowest BCUT2D eigenvalue weighted by atomic mass is 10.1. The normalized spacial score (nSPS) is 9.57. The molecule has 0 fully saturated rings. The molecule has 5 heteroatoms. The standard InChI is InChI=1S/C9H8BrNO3/c1-5-2-7(10)8(11-4-12)3-6(5)9(13)14/h2-4H,1H3,(H,11,12)(H,13,14). The van der Waals surface area contributed by atoms with E-state index < -0.39 is 5.97 Å². The highest BCUT2D eigenvalue weighted by Crippen LogP contribution is 2.25. The van der Waals surface area contributed by atoms with Crippen molar-refractivity contribution in [3.8, 4) is 0 Å². The molecular weight excluding hydrogens is 250 g/mol. The summed E-state index contributed by atoms with van der Waals surface area (Å²) < 4.78 is 0.659. The predicted octanol–water partition coefficient (Wildman–Crippen LogP) is 2.02. The van der Waals surface area contributed by atoms with Crippen LogP contribution in [0.1, 0.15) is 15.9 Å². The number of aryl methyl sites for hydroxylation is 1. The molecule has 74 valence electrons. The minimum Gasteiger partial charge on any atom is -0.478 e.